The second kappa shape index (κ2) is 6.45. The number of aryl methyl sites for hydroxylation is 1. The van der Waals surface area contributed by atoms with Gasteiger partial charge in [-0.15, -0.1) is 0 Å². The minimum absolute atomic E-state index is 0.272. The highest BCUT2D eigenvalue weighted by Gasteiger charge is 2.23. The molecule has 1 heterocycles. The first-order valence-electron chi connectivity index (χ1n) is 7.39. The lowest BCUT2D eigenvalue weighted by Crippen LogP contribution is -2.33. The predicted molar refractivity (Wildman–Crippen MR) is 98.6 cm³/mol. The standard InChI is InChI=1S/C18H18ClN3O2/c1-11-8-16(23-3)15(9-14(11)19)22(18(20)21-2)17-13-7-5-4-6-12(13)10-24-17/h4-10H,1-3H3,(H2,20,21). The van der Waals surface area contributed by atoms with Gasteiger partial charge in [0.05, 0.1) is 12.8 Å². The number of aliphatic imine (C=N–C) groups is 1. The van der Waals surface area contributed by atoms with Gasteiger partial charge < -0.3 is 14.9 Å². The van der Waals surface area contributed by atoms with Crippen molar-refractivity contribution in [3.63, 3.8) is 0 Å². The Kier molecular flexibility index (Phi) is 4.36. The van der Waals surface area contributed by atoms with E-state index in [0.717, 1.165) is 16.3 Å². The molecule has 3 rings (SSSR count). The van der Waals surface area contributed by atoms with Crippen LogP contribution in [0, 0.1) is 6.92 Å². The van der Waals surface area contributed by atoms with Gasteiger partial charge in [0.25, 0.3) is 0 Å². The molecule has 0 atom stereocenters. The van der Waals surface area contributed by atoms with E-state index in [4.69, 9.17) is 26.5 Å². The molecule has 0 bridgehead atoms. The number of furan rings is 1. The minimum atomic E-state index is 0.272. The van der Waals surface area contributed by atoms with E-state index in [1.54, 1.807) is 31.4 Å². The molecule has 0 amide bonds. The number of anilines is 2. The summed E-state index contributed by atoms with van der Waals surface area (Å²) in [5, 5.41) is 2.50. The molecule has 124 valence electrons. The summed E-state index contributed by atoms with van der Waals surface area (Å²) in [6, 6.07) is 11.5. The molecular weight excluding hydrogens is 326 g/mol. The fourth-order valence-electron chi connectivity index (χ4n) is 2.57. The molecule has 0 spiro atoms. The highest BCUT2D eigenvalue weighted by atomic mass is 35.5. The van der Waals surface area contributed by atoms with Crippen molar-refractivity contribution < 1.29 is 9.15 Å². The lowest BCUT2D eigenvalue weighted by Gasteiger charge is -2.24. The number of guanidine groups is 1. The highest BCUT2D eigenvalue weighted by molar-refractivity contribution is 6.32. The second-order valence-electron chi connectivity index (χ2n) is 5.32. The highest BCUT2D eigenvalue weighted by Crippen LogP contribution is 2.40. The van der Waals surface area contributed by atoms with Gasteiger partial charge in [-0.3, -0.25) is 4.99 Å². The monoisotopic (exact) mass is 343 g/mol. The number of benzene rings is 2. The third-order valence-electron chi connectivity index (χ3n) is 3.85. The smallest absolute Gasteiger partial charge is 0.214 e. The van der Waals surface area contributed by atoms with E-state index in [9.17, 15) is 0 Å². The van der Waals surface area contributed by atoms with Crippen LogP contribution in [-0.4, -0.2) is 20.1 Å². The molecule has 0 aliphatic carbocycles. The zero-order valence-corrected chi connectivity index (χ0v) is 14.5. The Labute approximate surface area is 145 Å². The van der Waals surface area contributed by atoms with Gasteiger partial charge in [-0.2, -0.15) is 0 Å². The Bertz CT molecular complexity index is 918. The molecule has 3 aromatic rings. The van der Waals surface area contributed by atoms with Gasteiger partial charge in [0.1, 0.15) is 12.0 Å². The quantitative estimate of drug-likeness (QED) is 0.562. The summed E-state index contributed by atoms with van der Waals surface area (Å²) in [6.07, 6.45) is 1.68. The number of hydrogen-bond acceptors (Lipinski definition) is 3. The van der Waals surface area contributed by atoms with Crippen LogP contribution in [0.25, 0.3) is 10.8 Å². The van der Waals surface area contributed by atoms with Crippen LogP contribution in [0.15, 0.2) is 52.1 Å². The third-order valence-corrected chi connectivity index (χ3v) is 4.26. The number of nitrogens with zero attached hydrogens (tertiary/aromatic N) is 2. The van der Waals surface area contributed by atoms with Crippen LogP contribution in [-0.2, 0) is 0 Å². The van der Waals surface area contributed by atoms with Crippen molar-refractivity contribution in [2.75, 3.05) is 19.1 Å². The van der Waals surface area contributed by atoms with Gasteiger partial charge >= 0.3 is 0 Å². The Morgan fingerprint density at radius 1 is 1.29 bits per heavy atom. The molecule has 24 heavy (non-hydrogen) atoms. The van der Waals surface area contributed by atoms with Crippen LogP contribution >= 0.6 is 11.6 Å². The molecule has 0 radical (unpaired) electrons. The van der Waals surface area contributed by atoms with E-state index < -0.39 is 0 Å². The zero-order chi connectivity index (χ0) is 17.3. The Morgan fingerprint density at radius 3 is 2.75 bits per heavy atom. The zero-order valence-electron chi connectivity index (χ0n) is 13.7. The maximum atomic E-state index is 6.32. The van der Waals surface area contributed by atoms with Gasteiger partial charge in [-0.05, 0) is 30.7 Å². The maximum absolute atomic E-state index is 6.32. The van der Waals surface area contributed by atoms with Crippen LogP contribution in [0.2, 0.25) is 5.02 Å². The Morgan fingerprint density at radius 2 is 2.04 bits per heavy atom. The number of nitrogens with two attached hydrogens (primary N) is 1. The Balaban J connectivity index is 2.28. The van der Waals surface area contributed by atoms with E-state index in [0.29, 0.717) is 22.3 Å². The van der Waals surface area contributed by atoms with Crippen molar-refractivity contribution in [1.29, 1.82) is 0 Å². The lowest BCUT2D eigenvalue weighted by atomic mass is 10.1. The molecule has 1 aromatic heterocycles. The number of fused-ring (bicyclic) bond motifs is 1. The molecule has 0 saturated heterocycles. The van der Waals surface area contributed by atoms with Gasteiger partial charge in [0.15, 0.2) is 0 Å². The van der Waals surface area contributed by atoms with E-state index in [1.165, 1.54) is 0 Å². The summed E-state index contributed by atoms with van der Waals surface area (Å²) in [7, 11) is 3.22. The summed E-state index contributed by atoms with van der Waals surface area (Å²) in [5.41, 5.74) is 7.73. The van der Waals surface area contributed by atoms with Crippen LogP contribution in [0.3, 0.4) is 0 Å². The van der Waals surface area contributed by atoms with Crippen molar-refractivity contribution in [3.8, 4) is 5.75 Å². The number of rotatable bonds is 3. The fraction of sp³-hybridized carbons (Fsp3) is 0.167. The average molecular weight is 344 g/mol. The molecule has 0 unspecified atom stereocenters. The fourth-order valence-corrected chi connectivity index (χ4v) is 2.73. The molecule has 0 aliphatic heterocycles. The number of ether oxygens (including phenoxy) is 1. The Hall–Kier alpha value is -2.66. The summed E-state index contributed by atoms with van der Waals surface area (Å²) in [4.78, 5) is 5.82. The van der Waals surface area contributed by atoms with Crippen molar-refractivity contribution in [3.05, 3.63) is 53.2 Å². The predicted octanol–water partition coefficient (Wildman–Crippen LogP) is 4.49. The largest absolute Gasteiger partial charge is 0.495 e. The van der Waals surface area contributed by atoms with E-state index in [-0.39, 0.29) is 5.96 Å². The van der Waals surface area contributed by atoms with Gasteiger partial charge in [0, 0.05) is 22.8 Å². The number of hydrogen-bond donors (Lipinski definition) is 1. The molecule has 6 heteroatoms. The van der Waals surface area contributed by atoms with Gasteiger partial charge in [0.2, 0.25) is 11.8 Å². The molecule has 2 N–H and O–H groups in total. The van der Waals surface area contributed by atoms with Gasteiger partial charge in [-0.25, -0.2) is 4.90 Å². The number of methoxy groups -OCH3 is 1. The van der Waals surface area contributed by atoms with Crippen LogP contribution in [0.1, 0.15) is 5.56 Å². The first-order valence-corrected chi connectivity index (χ1v) is 7.77. The first kappa shape index (κ1) is 16.2. The van der Waals surface area contributed by atoms with E-state index in [2.05, 4.69) is 4.99 Å². The lowest BCUT2D eigenvalue weighted by molar-refractivity contribution is 0.415. The topological polar surface area (TPSA) is 64.0 Å². The number of halogens is 1. The molecule has 0 aliphatic rings. The summed E-state index contributed by atoms with van der Waals surface area (Å²) < 4.78 is 11.3. The molecule has 0 fully saturated rings. The van der Waals surface area contributed by atoms with Crippen molar-refractivity contribution in [2.45, 2.75) is 6.92 Å². The summed E-state index contributed by atoms with van der Waals surface area (Å²) in [5.74, 6) is 1.46. The summed E-state index contributed by atoms with van der Waals surface area (Å²) in [6.45, 7) is 1.92. The maximum Gasteiger partial charge on any atom is 0.214 e. The van der Waals surface area contributed by atoms with Crippen molar-refractivity contribution in [2.24, 2.45) is 10.7 Å². The van der Waals surface area contributed by atoms with Crippen molar-refractivity contribution >= 4 is 39.9 Å². The average Bonchev–Trinajstić information content (AvgIpc) is 3.01. The summed E-state index contributed by atoms with van der Waals surface area (Å²) >= 11 is 6.32. The molecule has 5 nitrogen and oxygen atoms in total. The SMILES string of the molecule is CN=C(N)N(c1cc(Cl)c(C)cc1OC)c1occ2ccccc12. The van der Waals surface area contributed by atoms with Crippen LogP contribution in [0.4, 0.5) is 11.6 Å². The first-order chi connectivity index (χ1) is 11.6. The van der Waals surface area contributed by atoms with Crippen LogP contribution in [0.5, 0.6) is 5.75 Å². The molecule has 2 aromatic carbocycles. The van der Waals surface area contributed by atoms with Crippen LogP contribution < -0.4 is 15.4 Å². The van der Waals surface area contributed by atoms with Crippen molar-refractivity contribution in [1.82, 2.24) is 0 Å². The van der Waals surface area contributed by atoms with Gasteiger partial charge in [-0.1, -0.05) is 29.8 Å². The van der Waals surface area contributed by atoms with E-state index >= 15 is 0 Å². The normalized spacial score (nSPS) is 11.8. The minimum Gasteiger partial charge on any atom is -0.495 e. The third kappa shape index (κ3) is 2.67. The second-order valence-corrected chi connectivity index (χ2v) is 5.73. The molecule has 0 saturated carbocycles. The van der Waals surface area contributed by atoms with E-state index in [1.807, 2.05) is 37.3 Å². The molecular formula is C18H18ClN3O2.